The lowest BCUT2D eigenvalue weighted by Crippen LogP contribution is -2.17. The van der Waals surface area contributed by atoms with E-state index in [0.29, 0.717) is 10.6 Å². The lowest BCUT2D eigenvalue weighted by Gasteiger charge is -2.14. The first-order valence-corrected chi connectivity index (χ1v) is 7.26. The van der Waals surface area contributed by atoms with Crippen molar-refractivity contribution < 1.29 is 13.2 Å². The molecule has 0 atom stereocenters. The van der Waals surface area contributed by atoms with E-state index in [1.54, 1.807) is 18.2 Å². The Morgan fingerprint density at radius 2 is 1.96 bits per heavy atom. The Balaban J connectivity index is 2.43. The van der Waals surface area contributed by atoms with Crippen molar-refractivity contribution in [1.82, 2.24) is 9.38 Å². The molecule has 0 amide bonds. The number of benzene rings is 1. The number of nitrogens with zero attached hydrogens (tertiary/aromatic N) is 2. The molecule has 2 heterocycles. The predicted molar refractivity (Wildman–Crippen MR) is 86.5 cm³/mol. The minimum Gasteiger partial charge on any atom is -0.358 e. The molecule has 1 N–H and O–H groups in total. The Morgan fingerprint density at radius 1 is 1.21 bits per heavy atom. The van der Waals surface area contributed by atoms with Crippen molar-refractivity contribution in [3.8, 4) is 11.1 Å². The molecule has 0 saturated heterocycles. The molecule has 0 bridgehead atoms. The lowest BCUT2D eigenvalue weighted by molar-refractivity contribution is -0.137. The van der Waals surface area contributed by atoms with Gasteiger partial charge in [-0.1, -0.05) is 23.7 Å². The maximum absolute atomic E-state index is 13.1. The number of hydrogen-bond acceptors (Lipinski definition) is 3. The summed E-state index contributed by atoms with van der Waals surface area (Å²) in [4.78, 5) is 16.3. The molecule has 4 nitrogen and oxygen atoms in total. The highest BCUT2D eigenvalue weighted by atomic mass is 35.5. The van der Waals surface area contributed by atoms with Gasteiger partial charge in [0.25, 0.3) is 5.56 Å². The molecule has 0 saturated carbocycles. The quantitative estimate of drug-likeness (QED) is 0.755. The highest BCUT2D eigenvalue weighted by Crippen LogP contribution is 2.32. The molecule has 0 spiro atoms. The van der Waals surface area contributed by atoms with E-state index in [1.165, 1.54) is 23.7 Å². The first-order chi connectivity index (χ1) is 11.3. The summed E-state index contributed by atoms with van der Waals surface area (Å²) >= 11 is 5.94. The minimum atomic E-state index is -4.52. The van der Waals surface area contributed by atoms with Gasteiger partial charge in [-0.3, -0.25) is 9.20 Å². The van der Waals surface area contributed by atoms with Crippen LogP contribution in [0.3, 0.4) is 0 Å². The lowest BCUT2D eigenvalue weighted by atomic mass is 10.1. The van der Waals surface area contributed by atoms with E-state index in [9.17, 15) is 18.0 Å². The van der Waals surface area contributed by atoms with E-state index in [4.69, 9.17) is 11.6 Å². The third-order valence-electron chi connectivity index (χ3n) is 3.52. The second kappa shape index (κ2) is 5.83. The number of rotatable bonds is 2. The normalized spacial score (nSPS) is 11.7. The molecular formula is C16H11ClF3N3O. The second-order valence-electron chi connectivity index (χ2n) is 5.04. The Hall–Kier alpha value is -2.54. The van der Waals surface area contributed by atoms with Crippen LogP contribution in [0.1, 0.15) is 5.56 Å². The third kappa shape index (κ3) is 2.82. The van der Waals surface area contributed by atoms with Crippen LogP contribution in [0.25, 0.3) is 16.6 Å². The first-order valence-electron chi connectivity index (χ1n) is 6.88. The van der Waals surface area contributed by atoms with E-state index in [2.05, 4.69) is 10.3 Å². The molecule has 0 aliphatic rings. The van der Waals surface area contributed by atoms with Crippen LogP contribution in [0.5, 0.6) is 0 Å². The van der Waals surface area contributed by atoms with Gasteiger partial charge in [-0.05, 0) is 29.8 Å². The van der Waals surface area contributed by atoms with Gasteiger partial charge in [0, 0.05) is 18.3 Å². The minimum absolute atomic E-state index is 0.0580. The van der Waals surface area contributed by atoms with Crippen molar-refractivity contribution in [2.45, 2.75) is 6.18 Å². The van der Waals surface area contributed by atoms with Crippen molar-refractivity contribution in [1.29, 1.82) is 0 Å². The monoisotopic (exact) mass is 353 g/mol. The van der Waals surface area contributed by atoms with Gasteiger partial charge >= 0.3 is 6.18 Å². The average Bonchev–Trinajstić information content (AvgIpc) is 2.52. The Bertz CT molecular complexity index is 982. The van der Waals surface area contributed by atoms with Gasteiger partial charge < -0.3 is 5.32 Å². The largest absolute Gasteiger partial charge is 0.416 e. The zero-order valence-corrected chi connectivity index (χ0v) is 13.1. The number of nitrogens with one attached hydrogen (secondary N) is 1. The Kier molecular flexibility index (Phi) is 3.96. The SMILES string of the molecule is CNc1nc(=O)c(-c2cccc(Cl)c2)c2cc(C(F)(F)F)ccn12. The van der Waals surface area contributed by atoms with Gasteiger partial charge in [0.2, 0.25) is 5.95 Å². The zero-order chi connectivity index (χ0) is 17.5. The highest BCUT2D eigenvalue weighted by molar-refractivity contribution is 6.30. The van der Waals surface area contributed by atoms with E-state index >= 15 is 0 Å². The molecular weight excluding hydrogens is 343 g/mol. The number of hydrogen-bond donors (Lipinski definition) is 1. The molecule has 24 heavy (non-hydrogen) atoms. The predicted octanol–water partition coefficient (Wildman–Crippen LogP) is 4.08. The van der Waals surface area contributed by atoms with Crippen LogP contribution in [-0.2, 0) is 6.18 Å². The molecule has 0 aliphatic carbocycles. The standard InChI is InChI=1S/C16H11ClF3N3O/c1-21-15-22-14(24)13(9-3-2-4-11(17)7-9)12-8-10(16(18,19)20)5-6-23(12)15/h2-8H,1H3,(H,21,22,24). The molecule has 8 heteroatoms. The van der Waals surface area contributed by atoms with Crippen molar-refractivity contribution in [3.05, 3.63) is 63.5 Å². The van der Waals surface area contributed by atoms with Crippen molar-refractivity contribution in [2.75, 3.05) is 12.4 Å². The van der Waals surface area contributed by atoms with Crippen LogP contribution < -0.4 is 10.9 Å². The van der Waals surface area contributed by atoms with E-state index in [0.717, 1.165) is 12.1 Å². The molecule has 0 aliphatic heterocycles. The van der Waals surface area contributed by atoms with E-state index < -0.39 is 17.3 Å². The number of halogens is 4. The van der Waals surface area contributed by atoms with Gasteiger partial charge in [-0.15, -0.1) is 0 Å². The summed E-state index contributed by atoms with van der Waals surface area (Å²) in [5.41, 5.74) is -0.933. The van der Waals surface area contributed by atoms with Crippen molar-refractivity contribution in [2.24, 2.45) is 0 Å². The zero-order valence-electron chi connectivity index (χ0n) is 12.4. The number of anilines is 1. The highest BCUT2D eigenvalue weighted by Gasteiger charge is 2.31. The van der Waals surface area contributed by atoms with E-state index in [-0.39, 0.29) is 17.0 Å². The maximum Gasteiger partial charge on any atom is 0.416 e. The van der Waals surface area contributed by atoms with Crippen LogP contribution >= 0.6 is 11.6 Å². The van der Waals surface area contributed by atoms with Gasteiger partial charge in [-0.2, -0.15) is 18.2 Å². The Labute approximate surface area is 139 Å². The summed E-state index contributed by atoms with van der Waals surface area (Å²) in [5, 5.41) is 3.07. The summed E-state index contributed by atoms with van der Waals surface area (Å²) in [6, 6.07) is 8.21. The fourth-order valence-electron chi connectivity index (χ4n) is 2.46. The molecule has 2 aromatic heterocycles. The average molecular weight is 354 g/mol. The summed E-state index contributed by atoms with van der Waals surface area (Å²) in [6.45, 7) is 0. The van der Waals surface area contributed by atoms with Gasteiger partial charge in [0.15, 0.2) is 0 Å². The molecule has 0 unspecified atom stereocenters. The molecule has 3 rings (SSSR count). The summed E-state index contributed by atoms with van der Waals surface area (Å²) in [6.07, 6.45) is -3.29. The van der Waals surface area contributed by atoms with Gasteiger partial charge in [-0.25, -0.2) is 0 Å². The molecule has 124 valence electrons. The fraction of sp³-hybridized carbons (Fsp3) is 0.125. The van der Waals surface area contributed by atoms with Crippen LogP contribution in [0.15, 0.2) is 47.4 Å². The van der Waals surface area contributed by atoms with Crippen molar-refractivity contribution >= 4 is 23.1 Å². The smallest absolute Gasteiger partial charge is 0.358 e. The Morgan fingerprint density at radius 3 is 2.58 bits per heavy atom. The van der Waals surface area contributed by atoms with Crippen LogP contribution in [0.2, 0.25) is 5.02 Å². The van der Waals surface area contributed by atoms with Crippen LogP contribution in [0, 0.1) is 0 Å². The summed E-state index contributed by atoms with van der Waals surface area (Å²) < 4.78 is 40.6. The maximum atomic E-state index is 13.1. The third-order valence-corrected chi connectivity index (χ3v) is 3.76. The molecule has 0 fully saturated rings. The van der Waals surface area contributed by atoms with E-state index in [1.807, 2.05) is 0 Å². The molecule has 3 aromatic rings. The number of alkyl halides is 3. The van der Waals surface area contributed by atoms with Gasteiger partial charge in [0.05, 0.1) is 16.6 Å². The summed E-state index contributed by atoms with van der Waals surface area (Å²) in [7, 11) is 1.53. The first kappa shape index (κ1) is 16.3. The summed E-state index contributed by atoms with van der Waals surface area (Å²) in [5.74, 6) is 0.148. The number of aromatic nitrogens is 2. The fourth-order valence-corrected chi connectivity index (χ4v) is 2.65. The molecule has 1 aromatic carbocycles. The number of pyridine rings is 1. The number of fused-ring (bicyclic) bond motifs is 1. The topological polar surface area (TPSA) is 46.4 Å². The molecule has 0 radical (unpaired) electrons. The van der Waals surface area contributed by atoms with Crippen LogP contribution in [-0.4, -0.2) is 16.4 Å². The van der Waals surface area contributed by atoms with Crippen LogP contribution in [0.4, 0.5) is 19.1 Å². The van der Waals surface area contributed by atoms with Gasteiger partial charge in [0.1, 0.15) is 0 Å². The van der Waals surface area contributed by atoms with Crippen molar-refractivity contribution in [3.63, 3.8) is 0 Å². The second-order valence-corrected chi connectivity index (χ2v) is 5.48.